The largest absolute Gasteiger partial charge is 0.368 e. The second-order valence-corrected chi connectivity index (χ2v) is 7.67. The molecule has 0 aromatic heterocycles. The molecule has 0 aromatic rings. The maximum absolute atomic E-state index is 14.6. The first kappa shape index (κ1) is 18.6. The van der Waals surface area contributed by atoms with E-state index in [1.54, 1.807) is 6.92 Å². The Morgan fingerprint density at radius 3 is 2.67 bits per heavy atom. The van der Waals surface area contributed by atoms with Crippen molar-refractivity contribution in [1.29, 1.82) is 0 Å². The van der Waals surface area contributed by atoms with Crippen LogP contribution in [0.3, 0.4) is 0 Å². The number of aliphatic imine (C=N–C) groups is 1. The molecular formula is C17H24FN3O2S. The minimum Gasteiger partial charge on any atom is -0.368 e. The van der Waals surface area contributed by atoms with Crippen molar-refractivity contribution in [2.45, 2.75) is 26.3 Å². The van der Waals surface area contributed by atoms with Gasteiger partial charge in [-0.1, -0.05) is 6.08 Å². The SMILES string of the molecule is CC(=N/C(C)=C\C=O)N(C)C1C=CC(N2CCS(=O)CC2)=C(F)C1. The minimum atomic E-state index is -0.770. The third-order valence-electron chi connectivity index (χ3n) is 4.32. The first-order chi connectivity index (χ1) is 11.4. The smallest absolute Gasteiger partial charge is 0.144 e. The number of carbonyl (C=O) groups is 1. The van der Waals surface area contributed by atoms with Gasteiger partial charge < -0.3 is 9.80 Å². The topological polar surface area (TPSA) is 53.0 Å². The average molecular weight is 353 g/mol. The summed E-state index contributed by atoms with van der Waals surface area (Å²) in [4.78, 5) is 18.7. The second-order valence-electron chi connectivity index (χ2n) is 5.97. The van der Waals surface area contributed by atoms with Crippen LogP contribution in [0.15, 0.2) is 40.4 Å². The molecule has 0 amide bonds. The number of aldehydes is 1. The third-order valence-corrected chi connectivity index (χ3v) is 5.59. The van der Waals surface area contributed by atoms with Gasteiger partial charge in [-0.2, -0.15) is 0 Å². The van der Waals surface area contributed by atoms with Crippen LogP contribution >= 0.6 is 0 Å². The zero-order valence-electron chi connectivity index (χ0n) is 14.4. The van der Waals surface area contributed by atoms with E-state index in [1.165, 1.54) is 6.08 Å². The molecule has 1 heterocycles. The number of carbonyl (C=O) groups excluding carboxylic acids is 1. The third kappa shape index (κ3) is 4.63. The van der Waals surface area contributed by atoms with E-state index in [0.29, 0.717) is 42.3 Å². The van der Waals surface area contributed by atoms with Gasteiger partial charge in [0.15, 0.2) is 0 Å². The number of amidine groups is 1. The van der Waals surface area contributed by atoms with Crippen LogP contribution < -0.4 is 0 Å². The number of hydrogen-bond donors (Lipinski definition) is 0. The van der Waals surface area contributed by atoms with Gasteiger partial charge in [-0.3, -0.25) is 9.00 Å². The molecule has 7 heteroatoms. The summed E-state index contributed by atoms with van der Waals surface area (Å²) in [6.07, 6.45) is 6.17. The van der Waals surface area contributed by atoms with E-state index in [2.05, 4.69) is 4.99 Å². The Balaban J connectivity index is 2.04. The molecule has 2 rings (SSSR count). The van der Waals surface area contributed by atoms with Crippen LogP contribution in [0.1, 0.15) is 20.3 Å². The van der Waals surface area contributed by atoms with E-state index in [1.807, 2.05) is 35.9 Å². The Hall–Kier alpha value is -1.76. The zero-order valence-corrected chi connectivity index (χ0v) is 15.2. The summed E-state index contributed by atoms with van der Waals surface area (Å²) in [5, 5.41) is 0. The van der Waals surface area contributed by atoms with Crippen LogP contribution in [-0.4, -0.2) is 63.8 Å². The zero-order chi connectivity index (χ0) is 17.7. The van der Waals surface area contributed by atoms with Crippen molar-refractivity contribution in [3.05, 3.63) is 35.4 Å². The predicted molar refractivity (Wildman–Crippen MR) is 95.8 cm³/mol. The molecular weight excluding hydrogens is 329 g/mol. The fraction of sp³-hybridized carbons (Fsp3) is 0.529. The first-order valence-electron chi connectivity index (χ1n) is 7.99. The monoisotopic (exact) mass is 353 g/mol. The lowest BCUT2D eigenvalue weighted by molar-refractivity contribution is -0.104. The van der Waals surface area contributed by atoms with Crippen LogP contribution in [0.2, 0.25) is 0 Å². The van der Waals surface area contributed by atoms with E-state index < -0.39 is 10.8 Å². The number of nitrogens with zero attached hydrogens (tertiary/aromatic N) is 3. The van der Waals surface area contributed by atoms with Gasteiger partial charge in [-0.25, -0.2) is 9.38 Å². The number of allylic oxidation sites excluding steroid dienone is 3. The van der Waals surface area contributed by atoms with Crippen molar-refractivity contribution < 1.29 is 13.4 Å². The van der Waals surface area contributed by atoms with Crippen LogP contribution in [-0.2, 0) is 15.6 Å². The standard InChI is InChI=1S/C17H24FN3O2S/c1-13(6-9-22)19-14(2)20(3)15-4-5-17(16(18)12-15)21-7-10-24(23)11-8-21/h4-6,9,15H,7-8,10-12H2,1-3H3/b13-6-,19-14?. The molecule has 1 saturated heterocycles. The highest BCUT2D eigenvalue weighted by molar-refractivity contribution is 7.85. The lowest BCUT2D eigenvalue weighted by Gasteiger charge is -2.34. The maximum atomic E-state index is 14.6. The van der Waals surface area contributed by atoms with Crippen LogP contribution in [0.25, 0.3) is 0 Å². The van der Waals surface area contributed by atoms with Crippen molar-refractivity contribution in [3.8, 4) is 0 Å². The summed E-state index contributed by atoms with van der Waals surface area (Å²) in [5.74, 6) is 1.78. The fourth-order valence-corrected chi connectivity index (χ4v) is 3.83. The van der Waals surface area contributed by atoms with E-state index in [9.17, 15) is 13.4 Å². The molecule has 0 radical (unpaired) electrons. The van der Waals surface area contributed by atoms with E-state index in [0.717, 1.165) is 5.84 Å². The van der Waals surface area contributed by atoms with Crippen LogP contribution in [0.5, 0.6) is 0 Å². The molecule has 1 unspecified atom stereocenters. The van der Waals surface area contributed by atoms with Crippen molar-refractivity contribution >= 4 is 22.9 Å². The Labute approximate surface area is 145 Å². The molecule has 5 nitrogen and oxygen atoms in total. The Kier molecular flexibility index (Phi) is 6.48. The Bertz CT molecular complexity index is 630. The summed E-state index contributed by atoms with van der Waals surface area (Å²) in [6.45, 7) is 4.86. The maximum Gasteiger partial charge on any atom is 0.144 e. The number of likely N-dealkylation sites (N-methyl/N-ethyl adjacent to an activating group) is 1. The highest BCUT2D eigenvalue weighted by Gasteiger charge is 2.25. The van der Waals surface area contributed by atoms with Gasteiger partial charge in [0.05, 0.1) is 11.7 Å². The quantitative estimate of drug-likeness (QED) is 0.336. The van der Waals surface area contributed by atoms with Gasteiger partial charge in [0.1, 0.15) is 17.9 Å². The molecule has 0 spiro atoms. The highest BCUT2D eigenvalue weighted by Crippen LogP contribution is 2.26. The predicted octanol–water partition coefficient (Wildman–Crippen LogP) is 2.01. The lowest BCUT2D eigenvalue weighted by Crippen LogP contribution is -2.40. The van der Waals surface area contributed by atoms with Crippen molar-refractivity contribution in [2.24, 2.45) is 4.99 Å². The molecule has 1 aliphatic carbocycles. The lowest BCUT2D eigenvalue weighted by atomic mass is 10.0. The van der Waals surface area contributed by atoms with Crippen molar-refractivity contribution in [2.75, 3.05) is 31.6 Å². The van der Waals surface area contributed by atoms with Gasteiger partial charge in [-0.15, -0.1) is 0 Å². The van der Waals surface area contributed by atoms with Crippen molar-refractivity contribution in [3.63, 3.8) is 0 Å². The molecule has 1 fully saturated rings. The van der Waals surface area contributed by atoms with Gasteiger partial charge in [-0.05, 0) is 26.0 Å². The fourth-order valence-electron chi connectivity index (χ4n) is 2.78. The number of hydrogen-bond acceptors (Lipinski definition) is 4. The summed E-state index contributed by atoms with van der Waals surface area (Å²) < 4.78 is 26.0. The molecule has 132 valence electrons. The molecule has 0 saturated carbocycles. The first-order valence-corrected chi connectivity index (χ1v) is 9.48. The summed E-state index contributed by atoms with van der Waals surface area (Å²) in [6, 6.07) is -0.111. The molecule has 1 atom stereocenters. The van der Waals surface area contributed by atoms with E-state index in [4.69, 9.17) is 0 Å². The summed E-state index contributed by atoms with van der Waals surface area (Å²) in [7, 11) is 1.10. The summed E-state index contributed by atoms with van der Waals surface area (Å²) in [5.41, 5.74) is 1.23. The Morgan fingerprint density at radius 2 is 2.08 bits per heavy atom. The van der Waals surface area contributed by atoms with Crippen LogP contribution in [0.4, 0.5) is 4.39 Å². The highest BCUT2D eigenvalue weighted by atomic mass is 32.2. The second kappa shape index (κ2) is 8.37. The summed E-state index contributed by atoms with van der Waals surface area (Å²) >= 11 is 0. The molecule has 0 aromatic carbocycles. The van der Waals surface area contributed by atoms with Gasteiger partial charge in [0.25, 0.3) is 0 Å². The minimum absolute atomic E-state index is 0.111. The normalized spacial score (nSPS) is 23.7. The number of rotatable bonds is 4. The van der Waals surface area contributed by atoms with E-state index in [-0.39, 0.29) is 18.3 Å². The van der Waals surface area contributed by atoms with Crippen LogP contribution in [0, 0.1) is 0 Å². The average Bonchev–Trinajstić information content (AvgIpc) is 2.55. The molecule has 2 aliphatic rings. The van der Waals surface area contributed by atoms with Gasteiger partial charge in [0.2, 0.25) is 0 Å². The number of halogens is 1. The van der Waals surface area contributed by atoms with Gasteiger partial charge >= 0.3 is 0 Å². The molecule has 24 heavy (non-hydrogen) atoms. The van der Waals surface area contributed by atoms with Gasteiger partial charge in [0, 0.05) is 54.6 Å². The Morgan fingerprint density at radius 1 is 1.42 bits per heavy atom. The van der Waals surface area contributed by atoms with Crippen molar-refractivity contribution in [1.82, 2.24) is 9.80 Å². The molecule has 0 N–H and O–H groups in total. The molecule has 1 aliphatic heterocycles. The van der Waals surface area contributed by atoms with E-state index >= 15 is 0 Å². The molecule has 0 bridgehead atoms.